The van der Waals surface area contributed by atoms with E-state index in [0.717, 1.165) is 0 Å². The first-order valence-corrected chi connectivity index (χ1v) is 4.41. The predicted molar refractivity (Wildman–Crippen MR) is 50.4 cm³/mol. The second-order valence-electron chi connectivity index (χ2n) is 2.86. The molecule has 0 spiro atoms. The second-order valence-corrected chi connectivity index (χ2v) is 3.24. The molecule has 1 aliphatic heterocycles. The summed E-state index contributed by atoms with van der Waals surface area (Å²) < 4.78 is 10.3. The molecule has 1 heterocycles. The molecule has 0 saturated carbocycles. The molecule has 5 heteroatoms. The summed E-state index contributed by atoms with van der Waals surface area (Å²) in [5.74, 6) is 1.10. The quantitative estimate of drug-likeness (QED) is 0.750. The van der Waals surface area contributed by atoms with Crippen molar-refractivity contribution in [3.8, 4) is 11.5 Å². The highest BCUT2D eigenvalue weighted by Crippen LogP contribution is 2.38. The molecular formula is C9H8ClNO3. The molecule has 2 rings (SSSR count). The highest BCUT2D eigenvalue weighted by atomic mass is 35.5. The Bertz CT molecular complexity index is 380. The van der Waals surface area contributed by atoms with Crippen LogP contribution in [0.15, 0.2) is 18.2 Å². The van der Waals surface area contributed by atoms with Gasteiger partial charge in [-0.2, -0.15) is 0 Å². The molecular weight excluding hydrogens is 206 g/mol. The lowest BCUT2D eigenvalue weighted by Gasteiger charge is -2.09. The number of para-hydroxylation sites is 1. The van der Waals surface area contributed by atoms with E-state index in [9.17, 15) is 4.79 Å². The number of hydrogen-bond donors (Lipinski definition) is 1. The van der Waals surface area contributed by atoms with E-state index in [1.165, 1.54) is 0 Å². The van der Waals surface area contributed by atoms with Crippen LogP contribution >= 0.6 is 11.6 Å². The zero-order chi connectivity index (χ0) is 10.1. The van der Waals surface area contributed by atoms with Crippen molar-refractivity contribution in [2.75, 3.05) is 6.79 Å². The van der Waals surface area contributed by atoms with Crippen LogP contribution in [0.1, 0.15) is 11.6 Å². The first kappa shape index (κ1) is 9.30. The third-order valence-electron chi connectivity index (χ3n) is 2.01. The normalized spacial score (nSPS) is 15.3. The Morgan fingerprint density at radius 3 is 3.00 bits per heavy atom. The van der Waals surface area contributed by atoms with E-state index in [2.05, 4.69) is 0 Å². The molecule has 0 saturated heterocycles. The SMILES string of the molecule is N[C@@H](C(=O)Cl)c1cccc2c1OCO2. The smallest absolute Gasteiger partial charge is 0.243 e. The Morgan fingerprint density at radius 2 is 2.29 bits per heavy atom. The Hall–Kier alpha value is -1.26. The molecule has 0 bridgehead atoms. The number of hydrogen-bond acceptors (Lipinski definition) is 4. The minimum absolute atomic E-state index is 0.148. The van der Waals surface area contributed by atoms with Crippen molar-refractivity contribution in [1.29, 1.82) is 0 Å². The average molecular weight is 214 g/mol. The first-order chi connectivity index (χ1) is 6.70. The number of benzene rings is 1. The average Bonchev–Trinajstić information content (AvgIpc) is 2.63. The zero-order valence-corrected chi connectivity index (χ0v) is 7.95. The Balaban J connectivity index is 2.44. The number of rotatable bonds is 2. The summed E-state index contributed by atoms with van der Waals surface area (Å²) in [5, 5.41) is -0.617. The van der Waals surface area contributed by atoms with Gasteiger partial charge in [-0.3, -0.25) is 4.79 Å². The topological polar surface area (TPSA) is 61.6 Å². The fourth-order valence-electron chi connectivity index (χ4n) is 1.32. The van der Waals surface area contributed by atoms with Gasteiger partial charge in [0.25, 0.3) is 0 Å². The van der Waals surface area contributed by atoms with Crippen LogP contribution in [0.2, 0.25) is 0 Å². The van der Waals surface area contributed by atoms with E-state index in [0.29, 0.717) is 17.1 Å². The molecule has 4 nitrogen and oxygen atoms in total. The third-order valence-corrected chi connectivity index (χ3v) is 2.24. The molecule has 0 radical (unpaired) electrons. The lowest BCUT2D eigenvalue weighted by molar-refractivity contribution is -0.112. The van der Waals surface area contributed by atoms with Crippen LogP contribution in [0.4, 0.5) is 0 Å². The van der Waals surface area contributed by atoms with E-state index >= 15 is 0 Å². The van der Waals surface area contributed by atoms with Crippen LogP contribution in [-0.2, 0) is 4.79 Å². The standard InChI is InChI=1S/C9H8ClNO3/c10-9(12)7(11)5-2-1-3-6-8(5)14-4-13-6/h1-3,7H,4,11H2/t7-/m1/s1. The summed E-state index contributed by atoms with van der Waals surface area (Å²) in [6.07, 6.45) is 0. The van der Waals surface area contributed by atoms with Crippen LogP contribution in [0.5, 0.6) is 11.5 Å². The van der Waals surface area contributed by atoms with Gasteiger partial charge < -0.3 is 15.2 Å². The number of carbonyl (C=O) groups excluding carboxylic acids is 1. The molecule has 1 atom stereocenters. The van der Waals surface area contributed by atoms with Crippen LogP contribution in [0.25, 0.3) is 0 Å². The molecule has 0 unspecified atom stereocenters. The van der Waals surface area contributed by atoms with E-state index in [-0.39, 0.29) is 6.79 Å². The van der Waals surface area contributed by atoms with Gasteiger partial charge in [0, 0.05) is 5.56 Å². The van der Waals surface area contributed by atoms with E-state index < -0.39 is 11.3 Å². The predicted octanol–water partition coefficient (Wildman–Crippen LogP) is 1.18. The maximum Gasteiger partial charge on any atom is 0.243 e. The van der Waals surface area contributed by atoms with Crippen molar-refractivity contribution in [3.05, 3.63) is 23.8 Å². The summed E-state index contributed by atoms with van der Waals surface area (Å²) in [5.41, 5.74) is 6.15. The number of ether oxygens (including phenoxy) is 2. The van der Waals surface area contributed by atoms with Crippen LogP contribution in [0, 0.1) is 0 Å². The lowest BCUT2D eigenvalue weighted by atomic mass is 10.1. The molecule has 0 aromatic heterocycles. The zero-order valence-electron chi connectivity index (χ0n) is 7.20. The minimum atomic E-state index is -0.867. The van der Waals surface area contributed by atoms with Crippen molar-refractivity contribution in [3.63, 3.8) is 0 Å². The van der Waals surface area contributed by atoms with Crippen molar-refractivity contribution in [2.45, 2.75) is 6.04 Å². The Kier molecular flexibility index (Phi) is 2.31. The maximum atomic E-state index is 10.9. The van der Waals surface area contributed by atoms with E-state index in [4.69, 9.17) is 26.8 Å². The Morgan fingerprint density at radius 1 is 1.50 bits per heavy atom. The van der Waals surface area contributed by atoms with Gasteiger partial charge in [0.05, 0.1) is 0 Å². The Labute approximate surface area is 85.6 Å². The van der Waals surface area contributed by atoms with Gasteiger partial charge in [0.1, 0.15) is 6.04 Å². The fraction of sp³-hybridized carbons (Fsp3) is 0.222. The third kappa shape index (κ3) is 1.42. The maximum absolute atomic E-state index is 10.9. The van der Waals surface area contributed by atoms with Crippen molar-refractivity contribution >= 4 is 16.8 Å². The first-order valence-electron chi connectivity index (χ1n) is 4.03. The van der Waals surface area contributed by atoms with Crippen molar-refractivity contribution in [2.24, 2.45) is 5.73 Å². The molecule has 14 heavy (non-hydrogen) atoms. The molecule has 2 N–H and O–H groups in total. The molecule has 74 valence electrons. The van der Waals surface area contributed by atoms with Crippen molar-refractivity contribution < 1.29 is 14.3 Å². The lowest BCUT2D eigenvalue weighted by Crippen LogP contribution is -2.17. The number of carbonyl (C=O) groups is 1. The summed E-state index contributed by atoms with van der Waals surface area (Å²) >= 11 is 5.30. The number of fused-ring (bicyclic) bond motifs is 1. The monoisotopic (exact) mass is 213 g/mol. The molecule has 0 fully saturated rings. The second kappa shape index (κ2) is 3.48. The van der Waals surface area contributed by atoms with Gasteiger partial charge in [0.15, 0.2) is 11.5 Å². The summed E-state index contributed by atoms with van der Waals surface area (Å²) in [7, 11) is 0. The fourth-order valence-corrected chi connectivity index (χ4v) is 1.44. The van der Waals surface area contributed by atoms with Gasteiger partial charge >= 0.3 is 0 Å². The van der Waals surface area contributed by atoms with Crippen LogP contribution in [0.3, 0.4) is 0 Å². The van der Waals surface area contributed by atoms with Crippen LogP contribution in [-0.4, -0.2) is 12.0 Å². The minimum Gasteiger partial charge on any atom is -0.454 e. The van der Waals surface area contributed by atoms with Gasteiger partial charge in [-0.15, -0.1) is 0 Å². The van der Waals surface area contributed by atoms with Crippen LogP contribution < -0.4 is 15.2 Å². The molecule has 0 amide bonds. The molecule has 0 aliphatic carbocycles. The summed E-state index contributed by atoms with van der Waals surface area (Å²) in [6.45, 7) is 0.148. The van der Waals surface area contributed by atoms with Gasteiger partial charge in [-0.25, -0.2) is 0 Å². The van der Waals surface area contributed by atoms with Gasteiger partial charge in [0.2, 0.25) is 12.0 Å². The molecule has 1 aromatic rings. The van der Waals surface area contributed by atoms with Crippen molar-refractivity contribution in [1.82, 2.24) is 0 Å². The van der Waals surface area contributed by atoms with Gasteiger partial charge in [-0.05, 0) is 17.7 Å². The highest BCUT2D eigenvalue weighted by Gasteiger charge is 2.24. The van der Waals surface area contributed by atoms with Gasteiger partial charge in [-0.1, -0.05) is 12.1 Å². The molecule has 1 aliphatic rings. The van der Waals surface area contributed by atoms with E-state index in [1.807, 2.05) is 0 Å². The number of nitrogens with two attached hydrogens (primary N) is 1. The summed E-state index contributed by atoms with van der Waals surface area (Å²) in [6, 6.07) is 4.31. The highest BCUT2D eigenvalue weighted by molar-refractivity contribution is 6.64. The van der Waals surface area contributed by atoms with E-state index in [1.54, 1.807) is 18.2 Å². The summed E-state index contributed by atoms with van der Waals surface area (Å²) in [4.78, 5) is 10.9. The largest absolute Gasteiger partial charge is 0.454 e. The molecule has 1 aromatic carbocycles. The number of halogens is 1.